The van der Waals surface area contributed by atoms with Gasteiger partial charge in [-0.1, -0.05) is 13.8 Å². The van der Waals surface area contributed by atoms with Crippen molar-refractivity contribution in [3.05, 3.63) is 0 Å². The van der Waals surface area contributed by atoms with Crippen LogP contribution < -0.4 is 0 Å². The maximum absolute atomic E-state index is 13.6. The summed E-state index contributed by atoms with van der Waals surface area (Å²) in [5.41, 5.74) is 0. The summed E-state index contributed by atoms with van der Waals surface area (Å²) in [6, 6.07) is 0. The molecule has 94 valence electrons. The van der Waals surface area contributed by atoms with Crippen molar-refractivity contribution in [2.75, 3.05) is 26.2 Å². The van der Waals surface area contributed by atoms with E-state index in [0.29, 0.717) is 18.6 Å². The first-order valence-corrected chi connectivity index (χ1v) is 6.65. The summed E-state index contributed by atoms with van der Waals surface area (Å²) in [6.45, 7) is 7.72. The van der Waals surface area contributed by atoms with Crippen LogP contribution in [0.3, 0.4) is 0 Å². The third kappa shape index (κ3) is 2.95. The van der Waals surface area contributed by atoms with Crippen LogP contribution in [-0.2, 0) is 4.74 Å². The predicted molar refractivity (Wildman–Crippen MR) is 63.3 cm³/mol. The van der Waals surface area contributed by atoms with Crippen LogP contribution in [0.5, 0.6) is 0 Å². The molecule has 0 N–H and O–H groups in total. The molecule has 2 heterocycles. The molecule has 0 aromatic heterocycles. The summed E-state index contributed by atoms with van der Waals surface area (Å²) >= 11 is 0. The maximum Gasteiger partial charge on any atom is 0.115 e. The molecule has 0 spiro atoms. The summed E-state index contributed by atoms with van der Waals surface area (Å²) in [4.78, 5) is 2.25. The predicted octanol–water partition coefficient (Wildman–Crippen LogP) is 2.48. The van der Waals surface area contributed by atoms with E-state index in [0.717, 1.165) is 26.1 Å². The van der Waals surface area contributed by atoms with E-state index in [2.05, 4.69) is 11.8 Å². The molecule has 2 aliphatic rings. The first kappa shape index (κ1) is 12.3. The van der Waals surface area contributed by atoms with Gasteiger partial charge in [-0.2, -0.15) is 0 Å². The van der Waals surface area contributed by atoms with Gasteiger partial charge in [-0.05, 0) is 37.6 Å². The zero-order chi connectivity index (χ0) is 11.5. The average Bonchev–Trinajstić information content (AvgIpc) is 2.27. The van der Waals surface area contributed by atoms with E-state index in [1.54, 1.807) is 0 Å². The number of hydrogen-bond donors (Lipinski definition) is 0. The molecule has 0 unspecified atom stereocenters. The normalized spacial score (nSPS) is 42.2. The van der Waals surface area contributed by atoms with Crippen molar-refractivity contribution >= 4 is 0 Å². The molecule has 2 fully saturated rings. The fraction of sp³-hybridized carbons (Fsp3) is 1.00. The minimum atomic E-state index is -0.646. The van der Waals surface area contributed by atoms with Crippen molar-refractivity contribution in [3.8, 4) is 0 Å². The molecule has 0 aromatic rings. The van der Waals surface area contributed by atoms with Gasteiger partial charge in [0.25, 0.3) is 0 Å². The summed E-state index contributed by atoms with van der Waals surface area (Å²) in [5.74, 6) is 0.868. The van der Waals surface area contributed by atoms with Crippen LogP contribution in [0.1, 0.15) is 33.1 Å². The first-order chi connectivity index (χ1) is 7.66. The zero-order valence-corrected chi connectivity index (χ0v) is 10.5. The highest BCUT2D eigenvalue weighted by Gasteiger charge is 2.30. The number of rotatable bonds is 2. The molecule has 4 atom stereocenters. The van der Waals surface area contributed by atoms with Gasteiger partial charge < -0.3 is 4.74 Å². The number of nitrogens with zero attached hydrogens (tertiary/aromatic N) is 1. The number of hydrogen-bond acceptors (Lipinski definition) is 2. The average molecular weight is 229 g/mol. The Morgan fingerprint density at radius 1 is 1.25 bits per heavy atom. The molecule has 2 aliphatic heterocycles. The van der Waals surface area contributed by atoms with Crippen LogP contribution in [0, 0.1) is 11.8 Å². The number of halogens is 1. The topological polar surface area (TPSA) is 12.5 Å². The molecule has 0 radical (unpaired) electrons. The summed E-state index contributed by atoms with van der Waals surface area (Å²) in [5, 5.41) is 0. The smallest absolute Gasteiger partial charge is 0.115 e. The van der Waals surface area contributed by atoms with Gasteiger partial charge in [0.1, 0.15) is 6.17 Å². The van der Waals surface area contributed by atoms with Crippen LogP contribution in [-0.4, -0.2) is 43.4 Å². The lowest BCUT2D eigenvalue weighted by Gasteiger charge is -2.38. The van der Waals surface area contributed by atoms with Gasteiger partial charge >= 0.3 is 0 Å². The lowest BCUT2D eigenvalue weighted by atomic mass is 9.93. The van der Waals surface area contributed by atoms with Crippen molar-refractivity contribution in [1.82, 2.24) is 4.90 Å². The monoisotopic (exact) mass is 229 g/mol. The Morgan fingerprint density at radius 3 is 2.75 bits per heavy atom. The minimum absolute atomic E-state index is 0.237. The number of alkyl halides is 1. The third-order valence-corrected chi connectivity index (χ3v) is 4.16. The highest BCUT2D eigenvalue weighted by atomic mass is 19.1. The second-order valence-electron chi connectivity index (χ2n) is 5.57. The number of likely N-dealkylation sites (tertiary alicyclic amines) is 1. The Kier molecular flexibility index (Phi) is 4.20. The van der Waals surface area contributed by atoms with E-state index < -0.39 is 6.17 Å². The molecule has 0 aliphatic carbocycles. The Balaban J connectivity index is 1.80. The second-order valence-corrected chi connectivity index (χ2v) is 5.57. The van der Waals surface area contributed by atoms with Gasteiger partial charge in [0.15, 0.2) is 0 Å². The summed E-state index contributed by atoms with van der Waals surface area (Å²) in [6.07, 6.45) is 3.11. The Bertz CT molecular complexity index is 224. The Hall–Kier alpha value is -0.150. The molecular formula is C13H24FNO. The van der Waals surface area contributed by atoms with Gasteiger partial charge in [-0.15, -0.1) is 0 Å². The Morgan fingerprint density at radius 2 is 2.06 bits per heavy atom. The standard InChI is InChI=1S/C13H24FNO/c1-10-5-6-15(8-12(10)14)9-13-11(2)4-3-7-16-13/h10-13H,3-9H2,1-2H3/t10-,11-,12+,13-/m0/s1. The van der Waals surface area contributed by atoms with E-state index in [4.69, 9.17) is 4.74 Å². The van der Waals surface area contributed by atoms with Crippen LogP contribution in [0.2, 0.25) is 0 Å². The van der Waals surface area contributed by atoms with Crippen LogP contribution in [0.25, 0.3) is 0 Å². The SMILES string of the molecule is C[C@H]1CCN(C[C@@H]2OCCC[C@@H]2C)C[C@H]1F. The highest BCUT2D eigenvalue weighted by molar-refractivity contribution is 4.81. The van der Waals surface area contributed by atoms with Crippen molar-refractivity contribution in [2.45, 2.75) is 45.4 Å². The van der Waals surface area contributed by atoms with Crippen LogP contribution in [0.15, 0.2) is 0 Å². The molecule has 0 aromatic carbocycles. The first-order valence-electron chi connectivity index (χ1n) is 6.65. The lowest BCUT2D eigenvalue weighted by molar-refractivity contribution is -0.0484. The minimum Gasteiger partial charge on any atom is -0.377 e. The maximum atomic E-state index is 13.6. The van der Waals surface area contributed by atoms with Gasteiger partial charge in [0.05, 0.1) is 6.10 Å². The van der Waals surface area contributed by atoms with E-state index in [-0.39, 0.29) is 5.92 Å². The van der Waals surface area contributed by atoms with Gasteiger partial charge in [-0.3, -0.25) is 4.90 Å². The Labute approximate surface area is 98.1 Å². The fourth-order valence-corrected chi connectivity index (χ4v) is 2.73. The van der Waals surface area contributed by atoms with E-state index in [1.807, 2.05) is 6.92 Å². The molecule has 0 bridgehead atoms. The lowest BCUT2D eigenvalue weighted by Crippen LogP contribution is -2.46. The van der Waals surface area contributed by atoms with Crippen molar-refractivity contribution in [3.63, 3.8) is 0 Å². The molecule has 0 saturated carbocycles. The van der Waals surface area contributed by atoms with Crippen LogP contribution >= 0.6 is 0 Å². The summed E-state index contributed by atoms with van der Waals surface area (Å²) < 4.78 is 19.4. The largest absolute Gasteiger partial charge is 0.377 e. The van der Waals surface area contributed by atoms with Crippen molar-refractivity contribution < 1.29 is 9.13 Å². The molecule has 2 nitrogen and oxygen atoms in total. The van der Waals surface area contributed by atoms with Crippen molar-refractivity contribution in [2.24, 2.45) is 11.8 Å². The molecule has 0 amide bonds. The van der Waals surface area contributed by atoms with Gasteiger partial charge in [0.2, 0.25) is 0 Å². The molecule has 2 saturated heterocycles. The molecule has 3 heteroatoms. The van der Waals surface area contributed by atoms with E-state index >= 15 is 0 Å². The van der Waals surface area contributed by atoms with Crippen LogP contribution in [0.4, 0.5) is 4.39 Å². The third-order valence-electron chi connectivity index (χ3n) is 4.16. The van der Waals surface area contributed by atoms with Gasteiger partial charge in [0, 0.05) is 19.7 Å². The molecular weight excluding hydrogens is 205 g/mol. The van der Waals surface area contributed by atoms with E-state index in [1.165, 1.54) is 12.8 Å². The van der Waals surface area contributed by atoms with Gasteiger partial charge in [-0.25, -0.2) is 4.39 Å². The second kappa shape index (κ2) is 5.46. The number of ether oxygens (including phenoxy) is 1. The zero-order valence-electron chi connectivity index (χ0n) is 10.5. The number of piperidine rings is 1. The highest BCUT2D eigenvalue weighted by Crippen LogP contribution is 2.24. The summed E-state index contributed by atoms with van der Waals surface area (Å²) in [7, 11) is 0. The molecule has 2 rings (SSSR count). The fourth-order valence-electron chi connectivity index (χ4n) is 2.73. The molecule has 16 heavy (non-hydrogen) atoms. The van der Waals surface area contributed by atoms with Crippen molar-refractivity contribution in [1.29, 1.82) is 0 Å². The quantitative estimate of drug-likeness (QED) is 0.721. The van der Waals surface area contributed by atoms with E-state index in [9.17, 15) is 4.39 Å².